The van der Waals surface area contributed by atoms with Gasteiger partial charge in [-0.15, -0.1) is 0 Å². The summed E-state index contributed by atoms with van der Waals surface area (Å²) in [6.07, 6.45) is 0. The molecule has 3 aromatic rings. The van der Waals surface area contributed by atoms with Crippen LogP contribution in [0.2, 0.25) is 0 Å². The van der Waals surface area contributed by atoms with Crippen molar-refractivity contribution in [1.82, 2.24) is 5.32 Å². The highest BCUT2D eigenvalue weighted by Crippen LogP contribution is 2.25. The molecule has 34 heavy (non-hydrogen) atoms. The van der Waals surface area contributed by atoms with Gasteiger partial charge < -0.3 is 20.1 Å². The lowest BCUT2D eigenvalue weighted by Gasteiger charge is -2.15. The smallest absolute Gasteiger partial charge is 0.308 e. The molecule has 0 fully saturated rings. The number of carbonyl (C=O) groups is 3. The maximum atomic E-state index is 12.6. The second-order valence-corrected chi connectivity index (χ2v) is 7.95. The average Bonchev–Trinajstić information content (AvgIpc) is 2.80. The minimum absolute atomic E-state index is 0.130. The van der Waals surface area contributed by atoms with E-state index in [1.165, 1.54) is 13.0 Å². The topological polar surface area (TPSA) is 93.7 Å². The summed E-state index contributed by atoms with van der Waals surface area (Å²) in [5.41, 5.74) is 4.76. The Kier molecular flexibility index (Phi) is 8.03. The van der Waals surface area contributed by atoms with Gasteiger partial charge >= 0.3 is 5.97 Å². The Morgan fingerprint density at radius 2 is 1.62 bits per heavy atom. The number of amides is 2. The summed E-state index contributed by atoms with van der Waals surface area (Å²) < 4.78 is 10.8. The minimum Gasteiger partial charge on any atom is -0.483 e. The van der Waals surface area contributed by atoms with Gasteiger partial charge in [-0.25, -0.2) is 0 Å². The van der Waals surface area contributed by atoms with Crippen LogP contribution in [0.4, 0.5) is 5.69 Å². The number of aryl methyl sites for hydroxylation is 2. The molecule has 0 radical (unpaired) electrons. The van der Waals surface area contributed by atoms with Crippen LogP contribution in [0.1, 0.15) is 39.5 Å². The number of carbonyl (C=O) groups excluding carboxylic acids is 3. The van der Waals surface area contributed by atoms with Gasteiger partial charge in [-0.3, -0.25) is 14.4 Å². The number of hydrogen-bond donors (Lipinski definition) is 2. The highest BCUT2D eigenvalue weighted by molar-refractivity contribution is 5.95. The third-order valence-corrected chi connectivity index (χ3v) is 5.31. The first kappa shape index (κ1) is 24.5. The van der Waals surface area contributed by atoms with E-state index in [-0.39, 0.29) is 25.0 Å². The van der Waals surface area contributed by atoms with E-state index in [1.807, 2.05) is 45.0 Å². The van der Waals surface area contributed by atoms with Gasteiger partial charge in [-0.05, 0) is 67.3 Å². The summed E-state index contributed by atoms with van der Waals surface area (Å²) in [4.78, 5) is 36.3. The van der Waals surface area contributed by atoms with Crippen LogP contribution in [0.15, 0.2) is 60.7 Å². The van der Waals surface area contributed by atoms with Crippen molar-refractivity contribution in [2.75, 3.05) is 11.9 Å². The van der Waals surface area contributed by atoms with Gasteiger partial charge in [0.05, 0.1) is 0 Å². The first-order valence-corrected chi connectivity index (χ1v) is 10.9. The van der Waals surface area contributed by atoms with Gasteiger partial charge in [0.25, 0.3) is 11.8 Å². The second-order valence-electron chi connectivity index (χ2n) is 7.95. The molecular weight excluding hydrogens is 432 g/mol. The van der Waals surface area contributed by atoms with E-state index in [0.717, 1.165) is 22.3 Å². The van der Waals surface area contributed by atoms with Crippen LogP contribution in [0.5, 0.6) is 11.5 Å². The largest absolute Gasteiger partial charge is 0.483 e. The van der Waals surface area contributed by atoms with Crippen molar-refractivity contribution >= 4 is 23.5 Å². The van der Waals surface area contributed by atoms with Gasteiger partial charge in [0.15, 0.2) is 6.61 Å². The molecule has 0 saturated heterocycles. The maximum absolute atomic E-state index is 12.6. The summed E-state index contributed by atoms with van der Waals surface area (Å²) >= 11 is 0. The first-order valence-electron chi connectivity index (χ1n) is 10.9. The van der Waals surface area contributed by atoms with Gasteiger partial charge in [-0.2, -0.15) is 0 Å². The zero-order valence-electron chi connectivity index (χ0n) is 19.7. The lowest BCUT2D eigenvalue weighted by molar-refractivity contribution is -0.131. The van der Waals surface area contributed by atoms with E-state index in [9.17, 15) is 14.4 Å². The number of anilines is 1. The van der Waals surface area contributed by atoms with Crippen LogP contribution in [-0.4, -0.2) is 24.4 Å². The molecule has 176 valence electrons. The van der Waals surface area contributed by atoms with E-state index in [4.69, 9.17) is 9.47 Å². The van der Waals surface area contributed by atoms with Crippen LogP contribution >= 0.6 is 0 Å². The Balaban J connectivity index is 1.61. The van der Waals surface area contributed by atoms with Gasteiger partial charge in [0.1, 0.15) is 11.5 Å². The summed E-state index contributed by atoms with van der Waals surface area (Å²) in [6, 6.07) is 17.6. The van der Waals surface area contributed by atoms with Crippen LogP contribution < -0.4 is 20.1 Å². The molecule has 2 amide bonds. The fourth-order valence-corrected chi connectivity index (χ4v) is 3.41. The van der Waals surface area contributed by atoms with Crippen molar-refractivity contribution in [3.8, 4) is 11.5 Å². The van der Waals surface area contributed by atoms with Crippen molar-refractivity contribution in [2.45, 2.75) is 34.2 Å². The first-order chi connectivity index (χ1) is 16.2. The van der Waals surface area contributed by atoms with E-state index in [2.05, 4.69) is 10.6 Å². The highest BCUT2D eigenvalue weighted by Gasteiger charge is 2.13. The third kappa shape index (κ3) is 6.45. The Morgan fingerprint density at radius 3 is 2.38 bits per heavy atom. The average molecular weight is 461 g/mol. The molecule has 0 aliphatic rings. The van der Waals surface area contributed by atoms with Gasteiger partial charge in [-0.1, -0.05) is 36.4 Å². The number of benzene rings is 3. The zero-order valence-corrected chi connectivity index (χ0v) is 19.7. The van der Waals surface area contributed by atoms with Crippen LogP contribution in [-0.2, 0) is 16.1 Å². The van der Waals surface area contributed by atoms with E-state index in [1.54, 1.807) is 30.3 Å². The molecule has 3 aromatic carbocycles. The molecule has 0 aliphatic heterocycles. The molecule has 0 spiro atoms. The van der Waals surface area contributed by atoms with Crippen molar-refractivity contribution in [3.05, 3.63) is 88.5 Å². The quantitative estimate of drug-likeness (QED) is 0.382. The molecule has 0 aromatic heterocycles. The van der Waals surface area contributed by atoms with Gasteiger partial charge in [0, 0.05) is 24.7 Å². The van der Waals surface area contributed by atoms with Crippen molar-refractivity contribution < 1.29 is 23.9 Å². The molecule has 2 N–H and O–H groups in total. The predicted octanol–water partition coefficient (Wildman–Crippen LogP) is 4.48. The molecule has 7 nitrogen and oxygen atoms in total. The lowest BCUT2D eigenvalue weighted by Crippen LogP contribution is -2.25. The predicted molar refractivity (Wildman–Crippen MR) is 130 cm³/mol. The summed E-state index contributed by atoms with van der Waals surface area (Å²) in [5, 5.41) is 5.68. The van der Waals surface area contributed by atoms with Crippen molar-refractivity contribution in [1.29, 1.82) is 0 Å². The Labute approximate surface area is 199 Å². The molecule has 0 saturated carbocycles. The Morgan fingerprint density at radius 1 is 0.882 bits per heavy atom. The molecule has 7 heteroatoms. The molecular formula is C27H28N2O5. The van der Waals surface area contributed by atoms with Gasteiger partial charge in [0.2, 0.25) is 0 Å². The number of nitrogens with one attached hydrogen (secondary N) is 2. The van der Waals surface area contributed by atoms with E-state index >= 15 is 0 Å². The summed E-state index contributed by atoms with van der Waals surface area (Å²) in [6.45, 7) is 7.28. The normalized spacial score (nSPS) is 10.4. The third-order valence-electron chi connectivity index (χ3n) is 5.31. The zero-order chi connectivity index (χ0) is 24.7. The SMILES string of the molecule is CC(=O)Oc1cccc(C(=O)NCc2ccccc2NC(=O)COc2c(C)ccc(C)c2C)c1. The number of rotatable bonds is 8. The maximum Gasteiger partial charge on any atom is 0.308 e. The Hall–Kier alpha value is -4.13. The number of ether oxygens (including phenoxy) is 2. The van der Waals surface area contributed by atoms with E-state index in [0.29, 0.717) is 22.7 Å². The minimum atomic E-state index is -0.459. The molecule has 3 rings (SSSR count). The van der Waals surface area contributed by atoms with Crippen LogP contribution in [0.3, 0.4) is 0 Å². The number of esters is 1. The molecule has 0 unspecified atom stereocenters. The second kappa shape index (κ2) is 11.1. The molecule has 0 heterocycles. The Bertz CT molecular complexity index is 1220. The standard InChI is InChI=1S/C27H28N2O5/c1-17-12-13-18(2)26(19(17)3)33-16-25(31)29-24-11-6-5-8-22(24)15-28-27(32)21-9-7-10-23(14-21)34-20(4)30/h5-14H,15-16H2,1-4H3,(H,28,32)(H,29,31). The molecule has 0 atom stereocenters. The number of para-hydroxylation sites is 1. The highest BCUT2D eigenvalue weighted by atomic mass is 16.5. The van der Waals surface area contributed by atoms with E-state index < -0.39 is 5.97 Å². The summed E-state index contributed by atoms with van der Waals surface area (Å²) in [7, 11) is 0. The molecule has 0 aliphatic carbocycles. The monoisotopic (exact) mass is 460 g/mol. The van der Waals surface area contributed by atoms with Crippen LogP contribution in [0, 0.1) is 20.8 Å². The summed E-state index contributed by atoms with van der Waals surface area (Å²) in [5.74, 6) is -0.0745. The lowest BCUT2D eigenvalue weighted by atomic mass is 10.1. The fraction of sp³-hybridized carbons (Fsp3) is 0.222. The molecule has 0 bridgehead atoms. The van der Waals surface area contributed by atoms with Crippen molar-refractivity contribution in [3.63, 3.8) is 0 Å². The van der Waals surface area contributed by atoms with Crippen LogP contribution in [0.25, 0.3) is 0 Å². The fourth-order valence-electron chi connectivity index (χ4n) is 3.41. The number of hydrogen-bond acceptors (Lipinski definition) is 5. The van der Waals surface area contributed by atoms with Crippen molar-refractivity contribution in [2.24, 2.45) is 0 Å².